The second kappa shape index (κ2) is 5.85. The summed E-state index contributed by atoms with van der Waals surface area (Å²) in [6.07, 6.45) is 1.25. The van der Waals surface area contributed by atoms with E-state index in [-0.39, 0.29) is 24.1 Å². The molecule has 1 aromatic heterocycles. The summed E-state index contributed by atoms with van der Waals surface area (Å²) in [6, 6.07) is 1.45. The molecule has 128 valence electrons. The van der Waals surface area contributed by atoms with Gasteiger partial charge in [0.1, 0.15) is 11.3 Å². The summed E-state index contributed by atoms with van der Waals surface area (Å²) in [6.45, 7) is -0.348. The van der Waals surface area contributed by atoms with Gasteiger partial charge in [-0.3, -0.25) is 9.09 Å². The van der Waals surface area contributed by atoms with Crippen LogP contribution >= 0.6 is 19.6 Å². The second-order valence-electron chi connectivity index (χ2n) is 5.50. The topological polar surface area (TPSA) is 157 Å². The van der Waals surface area contributed by atoms with Crippen molar-refractivity contribution in [2.45, 2.75) is 35.4 Å². The number of fused-ring (bicyclic) bond motifs is 2. The smallest absolute Gasteiger partial charge is 0.393 e. The Balaban J connectivity index is 1.89. The summed E-state index contributed by atoms with van der Waals surface area (Å²) < 4.78 is 22.9. The number of aromatic nitrogens is 2. The summed E-state index contributed by atoms with van der Waals surface area (Å²) in [5, 5.41) is 9.33. The zero-order chi connectivity index (χ0) is 16.8. The van der Waals surface area contributed by atoms with Gasteiger partial charge in [0.05, 0.1) is 17.5 Å². The molecule has 2 aliphatic rings. The molecule has 0 aliphatic carbocycles. The van der Waals surface area contributed by atoms with E-state index in [1.54, 1.807) is 0 Å². The van der Waals surface area contributed by atoms with Crippen molar-refractivity contribution < 1.29 is 28.7 Å². The average molecular weight is 365 g/mol. The van der Waals surface area contributed by atoms with E-state index >= 15 is 0 Å². The Kier molecular flexibility index (Phi) is 4.30. The molecule has 10 nitrogen and oxygen atoms in total. The van der Waals surface area contributed by atoms with Gasteiger partial charge in [0, 0.05) is 12.6 Å². The molecular weight excluding hydrogens is 349 g/mol. The quantitative estimate of drug-likeness (QED) is 0.509. The Morgan fingerprint density at radius 2 is 2.30 bits per heavy atom. The van der Waals surface area contributed by atoms with Crippen LogP contribution in [0.3, 0.4) is 0 Å². The minimum Gasteiger partial charge on any atom is -0.393 e. The molecule has 0 saturated carbocycles. The third-order valence-electron chi connectivity index (χ3n) is 3.80. The van der Waals surface area contributed by atoms with Gasteiger partial charge in [-0.1, -0.05) is 0 Å². The zero-order valence-corrected chi connectivity index (χ0v) is 13.5. The zero-order valence-electron chi connectivity index (χ0n) is 11.8. The Hall–Kier alpha value is -0.940. The first-order valence-corrected chi connectivity index (χ1v) is 9.21. The molecule has 23 heavy (non-hydrogen) atoms. The van der Waals surface area contributed by atoms with Crippen LogP contribution in [-0.4, -0.2) is 47.3 Å². The fraction of sp³-hybridized carbons (Fsp3) is 0.636. The first kappa shape index (κ1) is 16.9. The number of nitrogens with two attached hydrogens (primary N) is 1. The lowest BCUT2D eigenvalue weighted by molar-refractivity contribution is -0.107. The van der Waals surface area contributed by atoms with Crippen molar-refractivity contribution in [2.24, 2.45) is 0 Å². The lowest BCUT2D eigenvalue weighted by Crippen LogP contribution is -2.39. The summed E-state index contributed by atoms with van der Waals surface area (Å²) in [7, 11) is -4.66. The summed E-state index contributed by atoms with van der Waals surface area (Å²) in [5.41, 5.74) is 3.01. The second-order valence-corrected chi connectivity index (χ2v) is 8.10. The molecule has 2 aliphatic heterocycles. The van der Waals surface area contributed by atoms with E-state index < -0.39 is 30.8 Å². The Morgan fingerprint density at radius 1 is 1.57 bits per heavy atom. The highest BCUT2D eigenvalue weighted by Crippen LogP contribution is 2.55. The van der Waals surface area contributed by atoms with Gasteiger partial charge in [0.2, 0.25) is 0 Å². The molecule has 2 fully saturated rings. The molecule has 12 heteroatoms. The van der Waals surface area contributed by atoms with Gasteiger partial charge in [0.25, 0.3) is 0 Å². The van der Waals surface area contributed by atoms with Crippen LogP contribution in [0.15, 0.2) is 17.1 Å². The number of hydrogen-bond donors (Lipinski definition) is 4. The highest BCUT2D eigenvalue weighted by Gasteiger charge is 2.54. The average Bonchev–Trinajstić information content (AvgIpc) is 2.69. The molecule has 5 N–H and O–H groups in total. The van der Waals surface area contributed by atoms with Gasteiger partial charge >= 0.3 is 13.5 Å². The van der Waals surface area contributed by atoms with E-state index in [0.29, 0.717) is 6.42 Å². The van der Waals surface area contributed by atoms with Crippen LogP contribution in [0.25, 0.3) is 0 Å². The lowest BCUT2D eigenvalue weighted by atomic mass is 9.96. The Morgan fingerprint density at radius 3 is 2.91 bits per heavy atom. The van der Waals surface area contributed by atoms with Crippen molar-refractivity contribution in [3.05, 3.63) is 22.7 Å². The predicted molar refractivity (Wildman–Crippen MR) is 80.4 cm³/mol. The number of nitrogen functional groups attached to an aromatic ring is 1. The fourth-order valence-electron chi connectivity index (χ4n) is 2.88. The van der Waals surface area contributed by atoms with Crippen molar-refractivity contribution in [2.75, 3.05) is 12.3 Å². The monoisotopic (exact) mass is 365 g/mol. The molecule has 0 spiro atoms. The SMILES string of the molecule is Nc1ccn([C@@H]2O[C@]3(CO)CC2S[C@H](OP(=O)(O)O)C3)c(=O)n1. The van der Waals surface area contributed by atoms with Gasteiger partial charge in [-0.25, -0.2) is 9.36 Å². The molecule has 0 amide bonds. The normalized spacial score (nSPS) is 33.8. The number of anilines is 1. The highest BCUT2D eigenvalue weighted by molar-refractivity contribution is 8.00. The maximum atomic E-state index is 12.0. The maximum absolute atomic E-state index is 12.0. The summed E-state index contributed by atoms with van der Waals surface area (Å²) in [5.74, 6) is 0.0828. The van der Waals surface area contributed by atoms with Crippen LogP contribution in [0, 0.1) is 0 Å². The number of thioether (sulfide) groups is 1. The maximum Gasteiger partial charge on any atom is 0.470 e. The molecule has 3 rings (SSSR count). The minimum atomic E-state index is -4.66. The van der Waals surface area contributed by atoms with E-state index in [0.717, 1.165) is 11.8 Å². The predicted octanol–water partition coefficient (Wildman–Crippen LogP) is -0.584. The third kappa shape index (κ3) is 3.45. The third-order valence-corrected chi connectivity index (χ3v) is 5.78. The fourth-order valence-corrected chi connectivity index (χ4v) is 5.31. The van der Waals surface area contributed by atoms with Crippen LogP contribution in [0.2, 0.25) is 0 Å². The van der Waals surface area contributed by atoms with E-state index in [4.69, 9.17) is 24.8 Å². The van der Waals surface area contributed by atoms with Crippen molar-refractivity contribution in [3.63, 3.8) is 0 Å². The van der Waals surface area contributed by atoms with Gasteiger partial charge < -0.3 is 25.4 Å². The van der Waals surface area contributed by atoms with Crippen LogP contribution < -0.4 is 11.4 Å². The van der Waals surface area contributed by atoms with Crippen molar-refractivity contribution in [1.82, 2.24) is 9.55 Å². The number of hydrogen-bond acceptors (Lipinski definition) is 8. The Bertz CT molecular complexity index is 709. The summed E-state index contributed by atoms with van der Waals surface area (Å²) in [4.78, 5) is 33.6. The van der Waals surface area contributed by atoms with Crippen molar-refractivity contribution >= 4 is 25.4 Å². The van der Waals surface area contributed by atoms with E-state index in [9.17, 15) is 14.5 Å². The number of nitrogens with zero attached hydrogens (tertiary/aromatic N) is 2. The number of phosphoric acid groups is 1. The van der Waals surface area contributed by atoms with Gasteiger partial charge in [0.15, 0.2) is 6.23 Å². The molecule has 0 aromatic carbocycles. The first-order valence-electron chi connectivity index (χ1n) is 6.74. The van der Waals surface area contributed by atoms with Gasteiger partial charge in [-0.2, -0.15) is 4.98 Å². The Labute approximate surface area is 134 Å². The standard InChI is InChI=1S/C11H16N3O7PS/c12-7-1-2-14(10(16)13-7)9-6-3-11(5-15,20-9)4-8(23-6)21-22(17,18)19/h1-2,6,8-9,15H,3-5H2,(H2,12,13,16)(H2,17,18,19)/t6?,8-,9+,11+/m0/s1. The van der Waals surface area contributed by atoms with Crippen LogP contribution in [-0.2, 0) is 13.8 Å². The molecule has 1 unspecified atom stereocenters. The van der Waals surface area contributed by atoms with Crippen molar-refractivity contribution in [1.29, 1.82) is 0 Å². The molecule has 3 heterocycles. The highest BCUT2D eigenvalue weighted by atomic mass is 32.2. The minimum absolute atomic E-state index is 0.0828. The molecule has 0 radical (unpaired) electrons. The number of aliphatic hydroxyl groups excluding tert-OH is 1. The largest absolute Gasteiger partial charge is 0.470 e. The van der Waals surface area contributed by atoms with E-state index in [1.165, 1.54) is 16.8 Å². The first-order chi connectivity index (χ1) is 10.7. The van der Waals surface area contributed by atoms with Crippen LogP contribution in [0.4, 0.5) is 5.82 Å². The van der Waals surface area contributed by atoms with E-state index in [1.807, 2.05) is 0 Å². The molecular formula is C11H16N3O7PS. The molecule has 2 saturated heterocycles. The number of aliphatic hydroxyl groups is 1. The van der Waals surface area contributed by atoms with Crippen LogP contribution in [0.5, 0.6) is 0 Å². The molecule has 1 aromatic rings. The number of ether oxygens (including phenoxy) is 1. The number of rotatable bonds is 4. The number of phosphoric ester groups is 1. The lowest BCUT2D eigenvalue weighted by Gasteiger charge is -2.33. The van der Waals surface area contributed by atoms with Gasteiger partial charge in [-0.05, 0) is 12.5 Å². The molecule has 2 bridgehead atoms. The van der Waals surface area contributed by atoms with E-state index in [2.05, 4.69) is 4.98 Å². The van der Waals surface area contributed by atoms with Crippen molar-refractivity contribution in [3.8, 4) is 0 Å². The summed E-state index contributed by atoms with van der Waals surface area (Å²) >= 11 is 1.16. The van der Waals surface area contributed by atoms with Gasteiger partial charge in [-0.15, -0.1) is 11.8 Å². The van der Waals surface area contributed by atoms with Crippen LogP contribution in [0.1, 0.15) is 19.1 Å². The molecule has 4 atom stereocenters.